The number of hydrogen-bond donors (Lipinski definition) is 1. The zero-order chi connectivity index (χ0) is 28.5. The van der Waals surface area contributed by atoms with Crippen molar-refractivity contribution < 1.29 is 40.6 Å². The second-order valence-corrected chi connectivity index (χ2v) is 8.74. The van der Waals surface area contributed by atoms with Crippen molar-refractivity contribution in [3.63, 3.8) is 0 Å². The minimum atomic E-state index is -4.52. The third kappa shape index (κ3) is 9.70. The van der Waals surface area contributed by atoms with Crippen LogP contribution in [0.5, 0.6) is 11.5 Å². The summed E-state index contributed by atoms with van der Waals surface area (Å²) in [6, 6.07) is 22.4. The maximum absolute atomic E-state index is 13.1. The highest BCUT2D eigenvalue weighted by molar-refractivity contribution is 6.01. The summed E-state index contributed by atoms with van der Waals surface area (Å²) >= 11 is 0. The van der Waals surface area contributed by atoms with Crippen LogP contribution in [-0.2, 0) is 4.79 Å². The van der Waals surface area contributed by atoms with E-state index in [1.165, 1.54) is 0 Å². The topological polar surface area (TPSA) is 47.6 Å². The molecule has 1 amide bonds. The van der Waals surface area contributed by atoms with Crippen LogP contribution in [0.4, 0.5) is 26.3 Å². The molecule has 0 bridgehead atoms. The van der Waals surface area contributed by atoms with E-state index in [9.17, 15) is 31.1 Å². The van der Waals surface area contributed by atoms with Gasteiger partial charge in [-0.2, -0.15) is 26.3 Å². The van der Waals surface area contributed by atoms with Crippen LogP contribution in [0.2, 0.25) is 0 Å². The van der Waals surface area contributed by atoms with Crippen LogP contribution in [0.3, 0.4) is 0 Å². The van der Waals surface area contributed by atoms with Crippen molar-refractivity contribution in [3.8, 4) is 11.5 Å². The fraction of sp³-hybridized carbons (Fsp3) is 0.276. The van der Waals surface area contributed by atoms with Crippen molar-refractivity contribution in [2.24, 2.45) is 0 Å². The van der Waals surface area contributed by atoms with E-state index in [1.54, 1.807) is 78.9 Å². The molecule has 0 fully saturated rings. The van der Waals surface area contributed by atoms with Gasteiger partial charge >= 0.3 is 12.4 Å². The SMILES string of the molecule is Cc1ccc(C2=C(Oc3ccccc3)C(=O)NC(C(F)(F)F)C2)cc1.FC(F)(F)CCCOc1ccccc1. The Morgan fingerprint density at radius 1 is 0.821 bits per heavy atom. The van der Waals surface area contributed by atoms with Gasteiger partial charge in [0.05, 0.1) is 6.61 Å². The lowest BCUT2D eigenvalue weighted by Gasteiger charge is -2.29. The maximum Gasteiger partial charge on any atom is 0.408 e. The molecule has 208 valence electrons. The number of nitrogens with one attached hydrogen (secondary N) is 1. The molecule has 1 heterocycles. The second-order valence-electron chi connectivity index (χ2n) is 8.74. The number of halogens is 6. The minimum absolute atomic E-state index is 0.00159. The zero-order valence-electron chi connectivity index (χ0n) is 21.0. The Balaban J connectivity index is 0.000000255. The Bertz CT molecular complexity index is 1220. The number of benzene rings is 3. The molecule has 4 rings (SSSR count). The molecule has 3 aromatic rings. The van der Waals surface area contributed by atoms with Gasteiger partial charge in [-0.15, -0.1) is 0 Å². The molecule has 10 heteroatoms. The summed E-state index contributed by atoms with van der Waals surface area (Å²) in [7, 11) is 0. The van der Waals surface area contributed by atoms with Crippen molar-refractivity contribution in [2.75, 3.05) is 6.61 Å². The van der Waals surface area contributed by atoms with E-state index >= 15 is 0 Å². The van der Waals surface area contributed by atoms with Crippen LogP contribution in [0.1, 0.15) is 30.4 Å². The van der Waals surface area contributed by atoms with E-state index in [0.717, 1.165) is 5.56 Å². The van der Waals surface area contributed by atoms with Crippen LogP contribution >= 0.6 is 0 Å². The summed E-state index contributed by atoms with van der Waals surface area (Å²) in [6.45, 7) is 1.98. The Morgan fingerprint density at radius 2 is 1.38 bits per heavy atom. The third-order valence-electron chi connectivity index (χ3n) is 5.57. The maximum atomic E-state index is 13.1. The van der Waals surface area contributed by atoms with E-state index in [1.807, 2.05) is 18.3 Å². The lowest BCUT2D eigenvalue weighted by molar-refractivity contribution is -0.161. The van der Waals surface area contributed by atoms with Crippen molar-refractivity contribution in [1.29, 1.82) is 0 Å². The molecule has 0 aliphatic carbocycles. The number of ether oxygens (including phenoxy) is 2. The summed E-state index contributed by atoms with van der Waals surface area (Å²) in [5, 5.41) is 1.99. The van der Waals surface area contributed by atoms with Gasteiger partial charge < -0.3 is 14.8 Å². The number of carbonyl (C=O) groups excluding carboxylic acids is 1. The number of alkyl halides is 6. The molecule has 0 saturated heterocycles. The van der Waals surface area contributed by atoms with Gasteiger partial charge in [0, 0.05) is 18.4 Å². The van der Waals surface area contributed by atoms with E-state index in [-0.39, 0.29) is 30.8 Å². The van der Waals surface area contributed by atoms with Gasteiger partial charge in [-0.05, 0) is 43.2 Å². The first kappa shape index (κ1) is 29.6. The first-order valence-electron chi connectivity index (χ1n) is 12.1. The largest absolute Gasteiger partial charge is 0.494 e. The summed E-state index contributed by atoms with van der Waals surface area (Å²) in [6.07, 6.45) is -9.78. The van der Waals surface area contributed by atoms with Crippen molar-refractivity contribution in [2.45, 2.75) is 44.6 Å². The number of rotatable bonds is 7. The number of para-hydroxylation sites is 2. The van der Waals surface area contributed by atoms with Gasteiger partial charge in [0.2, 0.25) is 0 Å². The Hall–Kier alpha value is -3.95. The third-order valence-corrected chi connectivity index (χ3v) is 5.57. The summed E-state index contributed by atoms with van der Waals surface area (Å²) in [4.78, 5) is 12.3. The monoisotopic (exact) mass is 551 g/mol. The number of amides is 1. The predicted molar refractivity (Wildman–Crippen MR) is 135 cm³/mol. The van der Waals surface area contributed by atoms with E-state index in [0.29, 0.717) is 17.1 Å². The molecule has 1 unspecified atom stereocenters. The first-order chi connectivity index (χ1) is 18.4. The predicted octanol–water partition coefficient (Wildman–Crippen LogP) is 7.64. The van der Waals surface area contributed by atoms with Crippen LogP contribution in [-0.4, -0.2) is 30.9 Å². The van der Waals surface area contributed by atoms with Gasteiger partial charge in [-0.3, -0.25) is 4.79 Å². The molecule has 3 aromatic carbocycles. The molecule has 1 atom stereocenters. The molecule has 39 heavy (non-hydrogen) atoms. The fourth-order valence-electron chi connectivity index (χ4n) is 3.60. The summed E-state index contributed by atoms with van der Waals surface area (Å²) in [5.41, 5.74) is 1.76. The zero-order valence-corrected chi connectivity index (χ0v) is 21.0. The fourth-order valence-corrected chi connectivity index (χ4v) is 3.60. The first-order valence-corrected chi connectivity index (χ1v) is 12.1. The summed E-state index contributed by atoms with van der Waals surface area (Å²) in [5.74, 6) is 0.0287. The Kier molecular flexibility index (Phi) is 10.0. The van der Waals surface area contributed by atoms with Crippen molar-refractivity contribution >= 4 is 11.5 Å². The number of hydrogen-bond acceptors (Lipinski definition) is 3. The standard InChI is InChI=1S/C19H16F3NO2.C10H11F3O/c1-12-7-9-13(10-8-12)15-11-16(19(20,21)22)23-18(24)17(15)25-14-5-3-2-4-6-14;11-10(12,13)7-4-8-14-9-5-2-1-3-6-9/h2-10,16H,11H2,1H3,(H,23,24);1-3,5-6H,4,7-8H2. The quantitative estimate of drug-likeness (QED) is 0.243. The summed E-state index contributed by atoms with van der Waals surface area (Å²) < 4.78 is 85.3. The molecule has 0 aromatic heterocycles. The van der Waals surface area contributed by atoms with Gasteiger partial charge in [-0.1, -0.05) is 66.2 Å². The lowest BCUT2D eigenvalue weighted by Crippen LogP contribution is -2.49. The van der Waals surface area contributed by atoms with Crippen LogP contribution in [0, 0.1) is 6.92 Å². The number of carbonyl (C=O) groups is 1. The van der Waals surface area contributed by atoms with Crippen molar-refractivity contribution in [1.82, 2.24) is 5.32 Å². The van der Waals surface area contributed by atoms with E-state index in [4.69, 9.17) is 9.47 Å². The van der Waals surface area contributed by atoms with Gasteiger partial charge in [0.15, 0.2) is 5.76 Å². The highest BCUT2D eigenvalue weighted by atomic mass is 19.4. The molecule has 1 aliphatic heterocycles. The molecular weight excluding hydrogens is 524 g/mol. The molecular formula is C29H27F6NO3. The van der Waals surface area contributed by atoms with Crippen LogP contribution < -0.4 is 14.8 Å². The van der Waals surface area contributed by atoms with E-state index in [2.05, 4.69) is 0 Å². The second kappa shape index (κ2) is 13.2. The van der Waals surface area contributed by atoms with Crippen LogP contribution in [0.15, 0.2) is 90.7 Å². The minimum Gasteiger partial charge on any atom is -0.494 e. The average Bonchev–Trinajstić information content (AvgIpc) is 2.89. The molecule has 1 N–H and O–H groups in total. The van der Waals surface area contributed by atoms with Gasteiger partial charge in [0.25, 0.3) is 5.91 Å². The van der Waals surface area contributed by atoms with Crippen LogP contribution in [0.25, 0.3) is 5.57 Å². The molecule has 0 saturated carbocycles. The van der Waals surface area contributed by atoms with Gasteiger partial charge in [-0.25, -0.2) is 0 Å². The van der Waals surface area contributed by atoms with Gasteiger partial charge in [0.1, 0.15) is 17.5 Å². The average molecular weight is 552 g/mol. The van der Waals surface area contributed by atoms with E-state index < -0.39 is 30.7 Å². The number of aryl methyl sites for hydroxylation is 1. The smallest absolute Gasteiger partial charge is 0.408 e. The normalized spacial score (nSPS) is 15.7. The molecule has 0 radical (unpaired) electrons. The highest BCUT2D eigenvalue weighted by Gasteiger charge is 2.45. The highest BCUT2D eigenvalue weighted by Crippen LogP contribution is 2.35. The Morgan fingerprint density at radius 3 is 1.92 bits per heavy atom. The molecule has 4 nitrogen and oxygen atoms in total. The molecule has 1 aliphatic rings. The molecule has 0 spiro atoms. The van der Waals surface area contributed by atoms with Crippen molar-refractivity contribution in [3.05, 3.63) is 102 Å². The lowest BCUT2D eigenvalue weighted by atomic mass is 9.93. The Labute approximate surface area is 222 Å².